The predicted octanol–water partition coefficient (Wildman–Crippen LogP) is 3.48. The van der Waals surface area contributed by atoms with Crippen LogP contribution in [-0.4, -0.2) is 18.5 Å². The van der Waals surface area contributed by atoms with E-state index in [4.69, 9.17) is 22.1 Å². The van der Waals surface area contributed by atoms with E-state index in [2.05, 4.69) is 0 Å². The van der Waals surface area contributed by atoms with Crippen LogP contribution >= 0.6 is 11.6 Å². The lowest BCUT2D eigenvalue weighted by atomic mass is 10.0. The molecule has 0 amide bonds. The van der Waals surface area contributed by atoms with Gasteiger partial charge in [0.05, 0.1) is 16.3 Å². The lowest BCUT2D eigenvalue weighted by molar-refractivity contribution is -0.137. The second-order valence-corrected chi connectivity index (χ2v) is 4.70. The third-order valence-corrected chi connectivity index (χ3v) is 3.05. The molecule has 0 spiro atoms. The Morgan fingerprint density at radius 2 is 2.05 bits per heavy atom. The summed E-state index contributed by atoms with van der Waals surface area (Å²) in [6.45, 7) is 3.32. The van der Waals surface area contributed by atoms with Crippen molar-refractivity contribution >= 4 is 23.1 Å². The number of carbonyl (C=O) groups excluding carboxylic acids is 1. The lowest BCUT2D eigenvalue weighted by Crippen LogP contribution is -2.24. The van der Waals surface area contributed by atoms with E-state index in [-0.39, 0.29) is 22.8 Å². The third kappa shape index (κ3) is 4.11. The molecule has 1 aromatic carbocycles. The van der Waals surface area contributed by atoms with Crippen molar-refractivity contribution in [3.63, 3.8) is 0 Å². The van der Waals surface area contributed by atoms with Gasteiger partial charge in [-0.1, -0.05) is 11.6 Å². The topological polar surface area (TPSA) is 52.3 Å². The zero-order valence-corrected chi connectivity index (χ0v) is 11.8. The monoisotopic (exact) mass is 309 g/mol. The van der Waals surface area contributed by atoms with Crippen LogP contribution in [0, 0.1) is 0 Å². The minimum absolute atomic E-state index is 0.0201. The molecular formula is C13H15ClF3NO2. The van der Waals surface area contributed by atoms with Crippen LogP contribution < -0.4 is 5.73 Å². The van der Waals surface area contributed by atoms with E-state index in [9.17, 15) is 18.0 Å². The van der Waals surface area contributed by atoms with E-state index in [0.717, 1.165) is 6.07 Å². The average Bonchev–Trinajstić information content (AvgIpc) is 2.31. The number of anilines is 1. The number of benzene rings is 1. The van der Waals surface area contributed by atoms with Gasteiger partial charge in [0.1, 0.15) is 6.10 Å². The number of ketones is 1. The number of rotatable bonds is 5. The highest BCUT2D eigenvalue weighted by atomic mass is 35.5. The third-order valence-electron chi connectivity index (χ3n) is 2.74. The van der Waals surface area contributed by atoms with Gasteiger partial charge in [0.2, 0.25) is 0 Å². The quantitative estimate of drug-likeness (QED) is 0.847. The number of carbonyl (C=O) groups is 1. The van der Waals surface area contributed by atoms with Crippen molar-refractivity contribution in [2.24, 2.45) is 0 Å². The van der Waals surface area contributed by atoms with E-state index >= 15 is 0 Å². The maximum Gasteiger partial charge on any atom is 0.418 e. The molecule has 0 unspecified atom stereocenters. The molecule has 0 saturated heterocycles. The van der Waals surface area contributed by atoms with Crippen molar-refractivity contribution in [3.05, 3.63) is 28.3 Å². The Kier molecular flexibility index (Phi) is 5.42. The summed E-state index contributed by atoms with van der Waals surface area (Å²) in [6.07, 6.45) is -5.37. The Labute approximate surface area is 119 Å². The van der Waals surface area contributed by atoms with Gasteiger partial charge in [-0.3, -0.25) is 4.79 Å². The van der Waals surface area contributed by atoms with Gasteiger partial charge in [-0.15, -0.1) is 0 Å². The van der Waals surface area contributed by atoms with Crippen molar-refractivity contribution in [1.29, 1.82) is 0 Å². The fourth-order valence-corrected chi connectivity index (χ4v) is 2.00. The number of nitrogen functional groups attached to an aromatic ring is 1. The molecule has 7 heteroatoms. The van der Waals surface area contributed by atoms with E-state index in [0.29, 0.717) is 6.61 Å². The molecule has 1 rings (SSSR count). The summed E-state index contributed by atoms with van der Waals surface area (Å²) in [7, 11) is 0. The number of halogens is 4. The van der Waals surface area contributed by atoms with Crippen LogP contribution in [0.15, 0.2) is 12.1 Å². The Bertz CT molecular complexity index is 503. The lowest BCUT2D eigenvalue weighted by Gasteiger charge is -2.17. The molecule has 0 saturated carbocycles. The molecule has 0 aliphatic heterocycles. The molecule has 0 bridgehead atoms. The molecule has 0 aliphatic rings. The smallest absolute Gasteiger partial charge is 0.397 e. The molecule has 0 aromatic heterocycles. The fraction of sp³-hybridized carbons (Fsp3) is 0.462. The van der Waals surface area contributed by atoms with Crippen molar-refractivity contribution < 1.29 is 22.7 Å². The minimum Gasteiger partial charge on any atom is -0.397 e. The first-order valence-electron chi connectivity index (χ1n) is 5.94. The molecule has 3 nitrogen and oxygen atoms in total. The standard InChI is InChI=1S/C13H15ClF3NO2/c1-3-20-11(7(2)19)6-8-4-9(13(15,16)17)12(18)10(14)5-8/h4-5,11H,3,6,18H2,1-2H3/t11-/m1/s1. The van der Waals surface area contributed by atoms with Gasteiger partial charge < -0.3 is 10.5 Å². The summed E-state index contributed by atoms with van der Waals surface area (Å²) in [5.74, 6) is -0.256. The van der Waals surface area contributed by atoms with Crippen molar-refractivity contribution in [3.8, 4) is 0 Å². The first-order chi connectivity index (χ1) is 9.16. The largest absolute Gasteiger partial charge is 0.418 e. The van der Waals surface area contributed by atoms with Crippen molar-refractivity contribution in [1.82, 2.24) is 0 Å². The number of nitrogens with two attached hydrogens (primary N) is 1. The highest BCUT2D eigenvalue weighted by Gasteiger charge is 2.34. The maximum absolute atomic E-state index is 12.8. The molecule has 20 heavy (non-hydrogen) atoms. The summed E-state index contributed by atoms with van der Waals surface area (Å²) in [4.78, 5) is 11.4. The van der Waals surface area contributed by atoms with E-state index in [1.165, 1.54) is 13.0 Å². The van der Waals surface area contributed by atoms with Crippen LogP contribution in [-0.2, 0) is 22.1 Å². The van der Waals surface area contributed by atoms with Crippen LogP contribution in [0.2, 0.25) is 5.02 Å². The summed E-state index contributed by atoms with van der Waals surface area (Å²) in [6, 6.07) is 2.22. The van der Waals surface area contributed by atoms with Gasteiger partial charge in [-0.2, -0.15) is 13.2 Å². The normalized spacial score (nSPS) is 13.3. The second kappa shape index (κ2) is 6.45. The molecule has 0 aliphatic carbocycles. The summed E-state index contributed by atoms with van der Waals surface area (Å²) in [5, 5.41) is -0.186. The fourth-order valence-electron chi connectivity index (χ4n) is 1.76. The number of alkyl halides is 3. The van der Waals surface area contributed by atoms with Gasteiger partial charge in [-0.25, -0.2) is 0 Å². The first-order valence-corrected chi connectivity index (χ1v) is 6.31. The number of ether oxygens (including phenoxy) is 1. The molecule has 0 fully saturated rings. The molecule has 112 valence electrons. The molecule has 1 atom stereocenters. The van der Waals surface area contributed by atoms with Gasteiger partial charge >= 0.3 is 6.18 Å². The van der Waals surface area contributed by atoms with E-state index in [1.807, 2.05) is 0 Å². The highest BCUT2D eigenvalue weighted by molar-refractivity contribution is 6.33. The zero-order valence-electron chi connectivity index (χ0n) is 11.1. The zero-order chi connectivity index (χ0) is 15.5. The minimum atomic E-state index is -4.60. The van der Waals surface area contributed by atoms with Crippen LogP contribution in [0.25, 0.3) is 0 Å². The average molecular weight is 310 g/mol. The first kappa shape index (κ1) is 16.8. The van der Waals surface area contributed by atoms with Crippen LogP contribution in [0.3, 0.4) is 0 Å². The second-order valence-electron chi connectivity index (χ2n) is 4.30. The maximum atomic E-state index is 12.8. The molecule has 1 aromatic rings. The summed E-state index contributed by atoms with van der Waals surface area (Å²) < 4.78 is 43.6. The molecule has 0 heterocycles. The Hall–Kier alpha value is -1.27. The number of Topliss-reactive ketones (excluding diaryl/α,β-unsaturated/α-hetero) is 1. The highest BCUT2D eigenvalue weighted by Crippen LogP contribution is 2.38. The van der Waals surface area contributed by atoms with Crippen molar-refractivity contribution in [2.75, 3.05) is 12.3 Å². The van der Waals surface area contributed by atoms with Crippen LogP contribution in [0.1, 0.15) is 25.0 Å². The SMILES string of the molecule is CCO[C@H](Cc1cc(Cl)c(N)c(C(F)(F)F)c1)C(C)=O. The van der Waals surface area contributed by atoms with Crippen LogP contribution in [0.5, 0.6) is 0 Å². The Balaban J connectivity index is 3.14. The van der Waals surface area contributed by atoms with Gasteiger partial charge in [-0.05, 0) is 31.5 Å². The number of hydrogen-bond acceptors (Lipinski definition) is 3. The van der Waals surface area contributed by atoms with Crippen LogP contribution in [0.4, 0.5) is 18.9 Å². The summed E-state index contributed by atoms with van der Waals surface area (Å²) in [5.41, 5.74) is 4.08. The molecule has 0 radical (unpaired) electrons. The predicted molar refractivity (Wildman–Crippen MR) is 70.7 cm³/mol. The van der Waals surface area contributed by atoms with Crippen molar-refractivity contribution in [2.45, 2.75) is 32.5 Å². The number of hydrogen-bond donors (Lipinski definition) is 1. The molecular weight excluding hydrogens is 295 g/mol. The molecule has 2 N–H and O–H groups in total. The van der Waals surface area contributed by atoms with Gasteiger partial charge in [0, 0.05) is 13.0 Å². The Morgan fingerprint density at radius 3 is 2.50 bits per heavy atom. The van der Waals surface area contributed by atoms with E-state index < -0.39 is 23.5 Å². The van der Waals surface area contributed by atoms with E-state index in [1.54, 1.807) is 6.92 Å². The summed E-state index contributed by atoms with van der Waals surface area (Å²) >= 11 is 5.71. The van der Waals surface area contributed by atoms with Gasteiger partial charge in [0.25, 0.3) is 0 Å². The Morgan fingerprint density at radius 1 is 1.45 bits per heavy atom. The van der Waals surface area contributed by atoms with Gasteiger partial charge in [0.15, 0.2) is 5.78 Å².